The molecule has 0 spiro atoms. The van der Waals surface area contributed by atoms with Crippen LogP contribution in [0.25, 0.3) is 0 Å². The predicted molar refractivity (Wildman–Crippen MR) is 105 cm³/mol. The van der Waals surface area contributed by atoms with Gasteiger partial charge in [0, 0.05) is 25.1 Å². The fourth-order valence-corrected chi connectivity index (χ4v) is 4.75. The number of carbonyl (C=O) groups is 3. The smallest absolute Gasteiger partial charge is 0.303 e. The van der Waals surface area contributed by atoms with E-state index in [0.29, 0.717) is 19.5 Å². The highest BCUT2D eigenvalue weighted by atomic mass is 32.2. The van der Waals surface area contributed by atoms with E-state index in [1.54, 1.807) is 13.8 Å². The molecule has 1 aliphatic rings. The highest BCUT2D eigenvalue weighted by Gasteiger charge is 2.29. The maximum Gasteiger partial charge on any atom is 0.303 e. The summed E-state index contributed by atoms with van der Waals surface area (Å²) in [6, 6.07) is 5.63. The van der Waals surface area contributed by atoms with Gasteiger partial charge in [-0.2, -0.15) is 4.31 Å². The summed E-state index contributed by atoms with van der Waals surface area (Å²) in [6.07, 6.45) is 1.87. The van der Waals surface area contributed by atoms with E-state index in [1.807, 2.05) is 0 Å². The van der Waals surface area contributed by atoms with Gasteiger partial charge in [-0.1, -0.05) is 19.9 Å². The van der Waals surface area contributed by atoms with Crippen molar-refractivity contribution in [1.29, 1.82) is 0 Å². The van der Waals surface area contributed by atoms with Crippen molar-refractivity contribution in [3.63, 3.8) is 0 Å². The first-order chi connectivity index (χ1) is 13.6. The van der Waals surface area contributed by atoms with Crippen LogP contribution in [0.2, 0.25) is 0 Å². The number of hydrazine groups is 1. The van der Waals surface area contributed by atoms with Crippen molar-refractivity contribution in [2.75, 3.05) is 13.1 Å². The Morgan fingerprint density at radius 3 is 2.38 bits per heavy atom. The molecule has 2 rings (SSSR count). The van der Waals surface area contributed by atoms with Crippen LogP contribution in [0.4, 0.5) is 0 Å². The number of hydrogen-bond acceptors (Lipinski definition) is 5. The molecular weight excluding hydrogens is 398 g/mol. The van der Waals surface area contributed by atoms with Gasteiger partial charge in [-0.05, 0) is 42.9 Å². The van der Waals surface area contributed by atoms with Crippen molar-refractivity contribution in [2.45, 2.75) is 50.8 Å². The summed E-state index contributed by atoms with van der Waals surface area (Å²) < 4.78 is 26.6. The monoisotopic (exact) mass is 425 g/mol. The van der Waals surface area contributed by atoms with E-state index >= 15 is 0 Å². The number of amides is 2. The van der Waals surface area contributed by atoms with Crippen molar-refractivity contribution >= 4 is 27.8 Å². The van der Waals surface area contributed by atoms with Crippen LogP contribution in [0.15, 0.2) is 29.2 Å². The highest BCUT2D eigenvalue weighted by Crippen LogP contribution is 2.29. The topological polar surface area (TPSA) is 133 Å². The summed E-state index contributed by atoms with van der Waals surface area (Å²) >= 11 is 0. The molecule has 3 N–H and O–H groups in total. The molecular formula is C19H27N3O6S. The van der Waals surface area contributed by atoms with Crippen molar-refractivity contribution in [3.05, 3.63) is 29.8 Å². The van der Waals surface area contributed by atoms with Crippen LogP contribution in [-0.4, -0.2) is 48.7 Å². The molecule has 1 heterocycles. The molecule has 2 amide bonds. The maximum absolute atomic E-state index is 12.6. The molecule has 1 atom stereocenters. The van der Waals surface area contributed by atoms with E-state index in [4.69, 9.17) is 5.11 Å². The average Bonchev–Trinajstić information content (AvgIpc) is 3.21. The molecule has 0 aromatic heterocycles. The van der Waals surface area contributed by atoms with Gasteiger partial charge in [0.1, 0.15) is 0 Å². The fraction of sp³-hybridized carbons (Fsp3) is 0.526. The van der Waals surface area contributed by atoms with E-state index in [0.717, 1.165) is 12.8 Å². The van der Waals surface area contributed by atoms with Crippen LogP contribution in [0.3, 0.4) is 0 Å². The molecule has 1 fully saturated rings. The Kier molecular flexibility index (Phi) is 7.37. The number of nitrogens with one attached hydrogen (secondary N) is 2. The quantitative estimate of drug-likeness (QED) is 0.541. The molecule has 0 bridgehead atoms. The molecule has 1 aromatic carbocycles. The summed E-state index contributed by atoms with van der Waals surface area (Å²) in [6.45, 7) is 4.40. The fourth-order valence-electron chi connectivity index (χ4n) is 3.18. The molecule has 0 radical (unpaired) electrons. The van der Waals surface area contributed by atoms with Gasteiger partial charge in [0.15, 0.2) is 0 Å². The van der Waals surface area contributed by atoms with Crippen LogP contribution in [-0.2, 0) is 19.6 Å². The van der Waals surface area contributed by atoms with Gasteiger partial charge in [0.05, 0.1) is 11.3 Å². The van der Waals surface area contributed by atoms with Gasteiger partial charge in [-0.15, -0.1) is 0 Å². The zero-order valence-electron chi connectivity index (χ0n) is 16.6. The largest absolute Gasteiger partial charge is 0.481 e. The number of sulfonamides is 1. The summed E-state index contributed by atoms with van der Waals surface area (Å²) in [7, 11) is -3.65. The first kappa shape index (κ1) is 22.8. The minimum Gasteiger partial charge on any atom is -0.481 e. The average molecular weight is 426 g/mol. The van der Waals surface area contributed by atoms with E-state index in [2.05, 4.69) is 10.9 Å². The van der Waals surface area contributed by atoms with Crippen molar-refractivity contribution in [1.82, 2.24) is 15.2 Å². The number of carbonyl (C=O) groups excluding carboxylic acids is 2. The Labute approximate surface area is 170 Å². The third kappa shape index (κ3) is 6.01. The standard InChI is InChI=1S/C19H27N3O6S/c1-3-19(2,13-17(24)25)12-16(23)20-21-18(26)14-7-6-8-15(11-14)29(27,28)22-9-4-5-10-22/h6-8,11H,3-5,9-10,12-13H2,1-2H3,(H,20,23)(H,21,26)(H,24,25). The van der Waals surface area contributed by atoms with Gasteiger partial charge >= 0.3 is 5.97 Å². The Balaban J connectivity index is 2.01. The Hall–Kier alpha value is -2.46. The van der Waals surface area contributed by atoms with Crippen LogP contribution >= 0.6 is 0 Å². The molecule has 1 aromatic rings. The van der Waals surface area contributed by atoms with Crippen LogP contribution < -0.4 is 10.9 Å². The van der Waals surface area contributed by atoms with E-state index < -0.39 is 33.2 Å². The summed E-state index contributed by atoms with van der Waals surface area (Å²) in [4.78, 5) is 35.4. The van der Waals surface area contributed by atoms with Gasteiger partial charge in [-0.3, -0.25) is 25.2 Å². The molecule has 9 nitrogen and oxygen atoms in total. The first-order valence-electron chi connectivity index (χ1n) is 9.48. The lowest BCUT2D eigenvalue weighted by atomic mass is 9.80. The summed E-state index contributed by atoms with van der Waals surface area (Å²) in [5.41, 5.74) is 3.88. The minimum absolute atomic E-state index is 0.0263. The zero-order chi connectivity index (χ0) is 21.7. The molecule has 0 saturated carbocycles. The van der Waals surface area contributed by atoms with Gasteiger partial charge in [0.2, 0.25) is 15.9 Å². The Bertz CT molecular complexity index is 880. The second kappa shape index (κ2) is 9.36. The molecule has 29 heavy (non-hydrogen) atoms. The third-order valence-electron chi connectivity index (χ3n) is 5.13. The number of nitrogens with zero attached hydrogens (tertiary/aromatic N) is 1. The van der Waals surface area contributed by atoms with Gasteiger partial charge in [0.25, 0.3) is 5.91 Å². The maximum atomic E-state index is 12.6. The Morgan fingerprint density at radius 2 is 1.79 bits per heavy atom. The normalized spacial score (nSPS) is 16.8. The Morgan fingerprint density at radius 1 is 1.14 bits per heavy atom. The molecule has 1 aliphatic heterocycles. The number of hydrogen-bond donors (Lipinski definition) is 3. The van der Waals surface area contributed by atoms with Crippen molar-refractivity contribution < 1.29 is 27.9 Å². The molecule has 1 saturated heterocycles. The summed E-state index contributed by atoms with van der Waals surface area (Å²) in [5, 5.41) is 8.98. The lowest BCUT2D eigenvalue weighted by Crippen LogP contribution is -2.43. The number of aliphatic carboxylic acids is 1. The van der Waals surface area contributed by atoms with Crippen LogP contribution in [0.1, 0.15) is 56.3 Å². The zero-order valence-corrected chi connectivity index (χ0v) is 17.4. The van der Waals surface area contributed by atoms with Crippen LogP contribution in [0.5, 0.6) is 0 Å². The number of benzene rings is 1. The van der Waals surface area contributed by atoms with E-state index in [9.17, 15) is 22.8 Å². The third-order valence-corrected chi connectivity index (χ3v) is 7.03. The first-order valence-corrected chi connectivity index (χ1v) is 10.9. The molecule has 160 valence electrons. The van der Waals surface area contributed by atoms with Gasteiger partial charge in [-0.25, -0.2) is 8.42 Å². The minimum atomic E-state index is -3.65. The number of rotatable bonds is 8. The van der Waals surface area contributed by atoms with Crippen molar-refractivity contribution in [2.24, 2.45) is 5.41 Å². The lowest BCUT2D eigenvalue weighted by Gasteiger charge is -2.25. The van der Waals surface area contributed by atoms with E-state index in [-0.39, 0.29) is 23.3 Å². The number of carboxylic acids is 1. The molecule has 0 aliphatic carbocycles. The number of carboxylic acid groups (broad SMARTS) is 1. The second-order valence-electron chi connectivity index (χ2n) is 7.55. The summed E-state index contributed by atoms with van der Waals surface area (Å²) in [5.74, 6) is -2.18. The predicted octanol–water partition coefficient (Wildman–Crippen LogP) is 1.51. The lowest BCUT2D eigenvalue weighted by molar-refractivity contribution is -0.140. The molecule has 1 unspecified atom stereocenters. The molecule has 10 heteroatoms. The second-order valence-corrected chi connectivity index (χ2v) is 9.49. The van der Waals surface area contributed by atoms with E-state index in [1.165, 1.54) is 28.6 Å². The van der Waals surface area contributed by atoms with Gasteiger partial charge < -0.3 is 5.11 Å². The van der Waals surface area contributed by atoms with Crippen molar-refractivity contribution in [3.8, 4) is 0 Å². The SMILES string of the molecule is CCC(C)(CC(=O)O)CC(=O)NNC(=O)c1cccc(S(=O)(=O)N2CCCC2)c1. The van der Waals surface area contributed by atoms with Crippen LogP contribution in [0, 0.1) is 5.41 Å². The highest BCUT2D eigenvalue weighted by molar-refractivity contribution is 7.89.